The van der Waals surface area contributed by atoms with Crippen molar-refractivity contribution in [1.29, 1.82) is 5.26 Å². The lowest BCUT2D eigenvalue weighted by atomic mass is 9.99. The third-order valence-electron chi connectivity index (χ3n) is 4.95. The molecule has 29 heavy (non-hydrogen) atoms. The van der Waals surface area contributed by atoms with Crippen molar-refractivity contribution in [2.75, 3.05) is 19.2 Å². The van der Waals surface area contributed by atoms with E-state index in [1.165, 1.54) is 7.05 Å². The number of carbonyl (C=O) groups excluding carboxylic acids is 1. The van der Waals surface area contributed by atoms with Crippen molar-refractivity contribution in [3.05, 3.63) is 53.6 Å². The summed E-state index contributed by atoms with van der Waals surface area (Å²) in [6, 6.07) is 12.0. The van der Waals surface area contributed by atoms with Crippen LogP contribution in [0.4, 0.5) is 5.69 Å². The van der Waals surface area contributed by atoms with Gasteiger partial charge < -0.3 is 14.8 Å². The van der Waals surface area contributed by atoms with Gasteiger partial charge in [-0.25, -0.2) is 0 Å². The normalized spacial score (nSPS) is 22.6. The van der Waals surface area contributed by atoms with Gasteiger partial charge in [-0.15, -0.1) is 0 Å². The first-order valence-electron chi connectivity index (χ1n) is 8.83. The lowest BCUT2D eigenvalue weighted by Crippen LogP contribution is -2.55. The number of carbonyl (C=O) groups is 1. The molecular formula is C19H18N4O5S. The minimum atomic E-state index is -3.86. The van der Waals surface area contributed by atoms with Crippen LogP contribution in [-0.4, -0.2) is 38.5 Å². The number of benzene rings is 2. The zero-order valence-electron chi connectivity index (χ0n) is 15.5. The predicted octanol–water partition coefficient (Wildman–Crippen LogP) is 1.51. The van der Waals surface area contributed by atoms with Gasteiger partial charge in [-0.1, -0.05) is 6.07 Å². The Balaban J connectivity index is 1.56. The van der Waals surface area contributed by atoms with Gasteiger partial charge in [-0.3, -0.25) is 4.79 Å². The van der Waals surface area contributed by atoms with Gasteiger partial charge in [0, 0.05) is 12.7 Å². The van der Waals surface area contributed by atoms with Gasteiger partial charge in [0.1, 0.15) is 6.04 Å². The number of hydrogen-bond acceptors (Lipinski definition) is 6. The first kappa shape index (κ1) is 19.2. The van der Waals surface area contributed by atoms with E-state index in [4.69, 9.17) is 14.7 Å². The Morgan fingerprint density at radius 3 is 2.66 bits per heavy atom. The number of rotatable bonds is 3. The third-order valence-corrected chi connectivity index (χ3v) is 6.55. The molecule has 1 amide bonds. The van der Waals surface area contributed by atoms with Gasteiger partial charge in [-0.05, 0) is 48.4 Å². The number of likely N-dealkylation sites (N-methyl/N-ethyl adjacent to an activating group) is 1. The van der Waals surface area contributed by atoms with Crippen molar-refractivity contribution in [3.8, 4) is 17.6 Å². The van der Waals surface area contributed by atoms with E-state index in [0.717, 1.165) is 4.31 Å². The fourth-order valence-electron chi connectivity index (χ4n) is 3.31. The monoisotopic (exact) mass is 414 g/mol. The number of nitrogens with zero attached hydrogens (tertiary/aromatic N) is 2. The van der Waals surface area contributed by atoms with E-state index in [-0.39, 0.29) is 13.2 Å². The molecule has 1 fully saturated rings. The lowest BCUT2D eigenvalue weighted by Gasteiger charge is -2.36. The maximum absolute atomic E-state index is 12.8. The minimum absolute atomic E-state index is 0.119. The summed E-state index contributed by atoms with van der Waals surface area (Å²) in [4.78, 5) is 12.8. The summed E-state index contributed by atoms with van der Waals surface area (Å²) in [5.74, 6) is 0.687. The quantitative estimate of drug-likeness (QED) is 0.785. The minimum Gasteiger partial charge on any atom is -0.454 e. The van der Waals surface area contributed by atoms with Crippen LogP contribution in [0.1, 0.15) is 23.6 Å². The molecule has 2 atom stereocenters. The molecule has 150 valence electrons. The maximum atomic E-state index is 12.8. The summed E-state index contributed by atoms with van der Waals surface area (Å²) < 4.78 is 39.5. The second-order valence-corrected chi connectivity index (χ2v) is 8.50. The van der Waals surface area contributed by atoms with E-state index in [2.05, 4.69) is 10.0 Å². The molecule has 0 bridgehead atoms. The molecular weight excluding hydrogens is 396 g/mol. The molecule has 2 aliphatic rings. The lowest BCUT2D eigenvalue weighted by molar-refractivity contribution is -0.120. The maximum Gasteiger partial charge on any atom is 0.280 e. The molecule has 1 saturated heterocycles. The number of nitrogens with one attached hydrogen (secondary N) is 2. The number of ether oxygens (including phenoxy) is 2. The summed E-state index contributed by atoms with van der Waals surface area (Å²) in [6.07, 6.45) is 0.234. The fourth-order valence-corrected chi connectivity index (χ4v) is 4.59. The number of fused-ring (bicyclic) bond motifs is 1. The van der Waals surface area contributed by atoms with Crippen molar-refractivity contribution in [2.24, 2.45) is 0 Å². The molecule has 2 unspecified atom stereocenters. The SMILES string of the molecule is CN1C(C(=O)Nc2ccc(C#N)cc2)CC(c2ccc3c(c2)OCO3)NS1(=O)=O. The van der Waals surface area contributed by atoms with E-state index in [9.17, 15) is 13.2 Å². The van der Waals surface area contributed by atoms with Gasteiger partial charge in [0.05, 0.1) is 17.7 Å². The summed E-state index contributed by atoms with van der Waals surface area (Å²) in [5.41, 5.74) is 1.63. The van der Waals surface area contributed by atoms with E-state index >= 15 is 0 Å². The van der Waals surface area contributed by atoms with Crippen LogP contribution >= 0.6 is 0 Å². The summed E-state index contributed by atoms with van der Waals surface area (Å²) in [7, 11) is -2.50. The number of anilines is 1. The Hall–Kier alpha value is -3.13. The van der Waals surface area contributed by atoms with Crippen LogP contribution in [-0.2, 0) is 15.0 Å². The highest BCUT2D eigenvalue weighted by atomic mass is 32.2. The Labute approximate surface area is 168 Å². The standard InChI is InChI=1S/C19H18N4O5S/c1-23-16(19(24)21-14-5-2-12(10-20)3-6-14)9-15(22-29(23,25)26)13-4-7-17-18(8-13)28-11-27-17/h2-8,15-16,22H,9,11H2,1H3,(H,21,24). The van der Waals surface area contributed by atoms with Crippen LogP contribution in [0, 0.1) is 11.3 Å². The van der Waals surface area contributed by atoms with Crippen LogP contribution in [0.15, 0.2) is 42.5 Å². The Bertz CT molecular complexity index is 1090. The predicted molar refractivity (Wildman–Crippen MR) is 103 cm³/mol. The third kappa shape index (κ3) is 3.75. The zero-order valence-corrected chi connectivity index (χ0v) is 16.3. The Kier molecular flexibility index (Phi) is 4.87. The molecule has 0 aliphatic carbocycles. The van der Waals surface area contributed by atoms with Crippen LogP contribution in [0.25, 0.3) is 0 Å². The van der Waals surface area contributed by atoms with E-state index in [1.54, 1.807) is 42.5 Å². The molecule has 2 heterocycles. The molecule has 10 heteroatoms. The highest BCUT2D eigenvalue weighted by Crippen LogP contribution is 2.37. The van der Waals surface area contributed by atoms with Gasteiger partial charge in [0.25, 0.3) is 10.2 Å². The summed E-state index contributed by atoms with van der Waals surface area (Å²) in [6.45, 7) is 0.119. The van der Waals surface area contributed by atoms with Crippen molar-refractivity contribution in [1.82, 2.24) is 9.03 Å². The molecule has 4 rings (SSSR count). The molecule has 2 N–H and O–H groups in total. The zero-order chi connectivity index (χ0) is 20.6. The highest BCUT2D eigenvalue weighted by molar-refractivity contribution is 7.87. The van der Waals surface area contributed by atoms with Crippen LogP contribution < -0.4 is 19.5 Å². The first-order chi connectivity index (χ1) is 13.9. The largest absolute Gasteiger partial charge is 0.454 e. The van der Waals surface area contributed by atoms with Crippen molar-refractivity contribution >= 4 is 21.8 Å². The van der Waals surface area contributed by atoms with Gasteiger partial charge in [0.15, 0.2) is 11.5 Å². The molecule has 9 nitrogen and oxygen atoms in total. The average Bonchev–Trinajstić information content (AvgIpc) is 3.18. The van der Waals surface area contributed by atoms with Gasteiger partial charge in [-0.2, -0.15) is 22.7 Å². The smallest absolute Gasteiger partial charge is 0.280 e. The summed E-state index contributed by atoms with van der Waals surface area (Å²) in [5, 5.41) is 11.6. The Morgan fingerprint density at radius 1 is 1.21 bits per heavy atom. The van der Waals surface area contributed by atoms with Crippen LogP contribution in [0.2, 0.25) is 0 Å². The molecule has 2 aromatic carbocycles. The molecule has 2 aliphatic heterocycles. The second-order valence-electron chi connectivity index (χ2n) is 6.73. The molecule has 2 aromatic rings. The second kappa shape index (κ2) is 7.36. The van der Waals surface area contributed by atoms with Gasteiger partial charge >= 0.3 is 0 Å². The topological polar surface area (TPSA) is 121 Å². The molecule has 0 spiro atoms. The number of nitriles is 1. The molecule has 0 saturated carbocycles. The van der Waals surface area contributed by atoms with Crippen molar-refractivity contribution in [3.63, 3.8) is 0 Å². The van der Waals surface area contributed by atoms with E-state index in [1.807, 2.05) is 6.07 Å². The first-order valence-corrected chi connectivity index (χ1v) is 10.3. The molecule has 0 aromatic heterocycles. The number of hydrogen-bond donors (Lipinski definition) is 2. The fraction of sp³-hybridized carbons (Fsp3) is 0.263. The molecule has 0 radical (unpaired) electrons. The summed E-state index contributed by atoms with van der Waals surface area (Å²) >= 11 is 0. The van der Waals surface area contributed by atoms with Crippen LogP contribution in [0.3, 0.4) is 0 Å². The van der Waals surface area contributed by atoms with Crippen molar-refractivity contribution in [2.45, 2.75) is 18.5 Å². The average molecular weight is 414 g/mol. The van der Waals surface area contributed by atoms with Crippen molar-refractivity contribution < 1.29 is 22.7 Å². The Morgan fingerprint density at radius 2 is 1.93 bits per heavy atom. The highest BCUT2D eigenvalue weighted by Gasteiger charge is 2.41. The van der Waals surface area contributed by atoms with E-state index < -0.39 is 28.2 Å². The van der Waals surface area contributed by atoms with Gasteiger partial charge in [0.2, 0.25) is 12.7 Å². The van der Waals surface area contributed by atoms with E-state index in [0.29, 0.717) is 28.3 Å². The number of amides is 1. The van der Waals surface area contributed by atoms with Crippen LogP contribution in [0.5, 0.6) is 11.5 Å².